The van der Waals surface area contributed by atoms with Gasteiger partial charge in [-0.1, -0.05) is 18.2 Å². The van der Waals surface area contributed by atoms with E-state index >= 15 is 0 Å². The van der Waals surface area contributed by atoms with E-state index in [1.807, 2.05) is 29.9 Å². The van der Waals surface area contributed by atoms with E-state index in [1.165, 1.54) is 5.56 Å². The van der Waals surface area contributed by atoms with Crippen LogP contribution in [0.1, 0.15) is 45.6 Å². The summed E-state index contributed by atoms with van der Waals surface area (Å²) in [5, 5.41) is 13.7. The molecule has 0 saturated carbocycles. The first-order chi connectivity index (χ1) is 14.5. The number of benzene rings is 1. The van der Waals surface area contributed by atoms with Crippen molar-refractivity contribution in [2.75, 3.05) is 11.9 Å². The van der Waals surface area contributed by atoms with Crippen LogP contribution in [0.2, 0.25) is 0 Å². The first kappa shape index (κ1) is 18.8. The Balaban J connectivity index is 1.37. The number of rotatable bonds is 4. The van der Waals surface area contributed by atoms with E-state index in [-0.39, 0.29) is 24.1 Å². The van der Waals surface area contributed by atoms with Crippen LogP contribution in [-0.4, -0.2) is 45.0 Å². The summed E-state index contributed by atoms with van der Waals surface area (Å²) in [6, 6.07) is 5.22. The summed E-state index contributed by atoms with van der Waals surface area (Å²) in [5.74, 6) is 0.173. The number of aryl methyl sites for hydroxylation is 1. The van der Waals surface area contributed by atoms with E-state index < -0.39 is 6.04 Å². The smallest absolute Gasteiger partial charge is 0.255 e. The Labute approximate surface area is 173 Å². The zero-order valence-electron chi connectivity index (χ0n) is 16.8. The minimum atomic E-state index is -0.597. The maximum absolute atomic E-state index is 13.2. The number of carbonyl (C=O) groups excluding carboxylic acids is 3. The van der Waals surface area contributed by atoms with Crippen LogP contribution in [0.3, 0.4) is 0 Å². The maximum atomic E-state index is 13.2. The molecule has 1 aromatic heterocycles. The van der Waals surface area contributed by atoms with E-state index in [4.69, 9.17) is 0 Å². The zero-order valence-corrected chi connectivity index (χ0v) is 16.8. The fourth-order valence-electron chi connectivity index (χ4n) is 4.69. The Morgan fingerprint density at radius 3 is 2.93 bits per heavy atom. The van der Waals surface area contributed by atoms with Gasteiger partial charge in [0.2, 0.25) is 11.8 Å². The first-order valence-electron chi connectivity index (χ1n) is 10.3. The topological polar surface area (TPSA) is 108 Å². The molecule has 0 bridgehead atoms. The number of aromatic nitrogens is 2. The number of nitrogens with zero attached hydrogens (tertiary/aromatic N) is 3. The lowest BCUT2D eigenvalue weighted by Gasteiger charge is -2.29. The van der Waals surface area contributed by atoms with Crippen LogP contribution in [0, 0.1) is 0 Å². The Morgan fingerprint density at radius 2 is 2.10 bits per heavy atom. The number of amides is 3. The monoisotopic (exact) mass is 408 g/mol. The van der Waals surface area contributed by atoms with Crippen molar-refractivity contribution in [2.24, 2.45) is 7.05 Å². The summed E-state index contributed by atoms with van der Waals surface area (Å²) in [7, 11) is 1.92. The molecule has 0 spiro atoms. The van der Waals surface area contributed by atoms with Gasteiger partial charge >= 0.3 is 0 Å². The second-order valence-electron chi connectivity index (χ2n) is 8.03. The number of imide groups is 1. The summed E-state index contributed by atoms with van der Waals surface area (Å²) in [5.41, 5.74) is 4.76. The highest BCUT2D eigenvalue weighted by Gasteiger charge is 2.39. The van der Waals surface area contributed by atoms with Gasteiger partial charge in [0.25, 0.3) is 5.91 Å². The predicted molar refractivity (Wildman–Crippen MR) is 108 cm³/mol. The molecule has 3 aliphatic rings. The number of fused-ring (bicyclic) bond motifs is 2. The Kier molecular flexibility index (Phi) is 4.54. The lowest BCUT2D eigenvalue weighted by atomic mass is 10.0. The molecule has 3 aliphatic heterocycles. The molecule has 1 unspecified atom stereocenters. The van der Waals surface area contributed by atoms with Gasteiger partial charge in [0, 0.05) is 44.2 Å². The van der Waals surface area contributed by atoms with Crippen molar-refractivity contribution < 1.29 is 14.4 Å². The molecule has 4 heterocycles. The van der Waals surface area contributed by atoms with Gasteiger partial charge in [0.1, 0.15) is 11.9 Å². The molecule has 9 nitrogen and oxygen atoms in total. The summed E-state index contributed by atoms with van der Waals surface area (Å²) in [4.78, 5) is 38.5. The number of hydrogen-bond acceptors (Lipinski definition) is 6. The van der Waals surface area contributed by atoms with Crippen LogP contribution in [0.25, 0.3) is 0 Å². The molecule has 1 atom stereocenters. The molecule has 5 rings (SSSR count). The third kappa shape index (κ3) is 3.06. The lowest BCUT2D eigenvalue weighted by molar-refractivity contribution is -0.136. The van der Waals surface area contributed by atoms with Gasteiger partial charge in [-0.25, -0.2) is 0 Å². The summed E-state index contributed by atoms with van der Waals surface area (Å²) in [6.07, 6.45) is 1.54. The van der Waals surface area contributed by atoms with Gasteiger partial charge in [-0.15, -0.1) is 0 Å². The molecule has 9 heteroatoms. The second-order valence-corrected chi connectivity index (χ2v) is 8.03. The van der Waals surface area contributed by atoms with E-state index in [9.17, 15) is 14.4 Å². The number of piperidine rings is 1. The zero-order chi connectivity index (χ0) is 20.8. The molecule has 0 aliphatic carbocycles. The van der Waals surface area contributed by atoms with Gasteiger partial charge in [0.05, 0.1) is 5.69 Å². The molecular weight excluding hydrogens is 384 g/mol. The number of anilines is 1. The molecule has 1 aromatic carbocycles. The molecule has 3 amide bonds. The van der Waals surface area contributed by atoms with Crippen LogP contribution in [-0.2, 0) is 42.7 Å². The largest absolute Gasteiger partial charge is 0.366 e. The number of carbonyl (C=O) groups is 3. The van der Waals surface area contributed by atoms with Crippen LogP contribution in [0.5, 0.6) is 0 Å². The minimum absolute atomic E-state index is 0.145. The third-order valence-electron chi connectivity index (χ3n) is 6.16. The summed E-state index contributed by atoms with van der Waals surface area (Å²) < 4.78 is 1.86. The van der Waals surface area contributed by atoms with Gasteiger partial charge < -0.3 is 15.5 Å². The molecule has 156 valence electrons. The maximum Gasteiger partial charge on any atom is 0.255 e. The van der Waals surface area contributed by atoms with Crippen molar-refractivity contribution in [1.29, 1.82) is 0 Å². The first-order valence-corrected chi connectivity index (χ1v) is 10.3. The fraction of sp³-hybridized carbons (Fsp3) is 0.429. The van der Waals surface area contributed by atoms with Crippen molar-refractivity contribution >= 4 is 23.5 Å². The van der Waals surface area contributed by atoms with E-state index in [1.54, 1.807) is 4.90 Å². The second kappa shape index (κ2) is 7.24. The van der Waals surface area contributed by atoms with Crippen LogP contribution >= 0.6 is 0 Å². The Morgan fingerprint density at radius 1 is 1.23 bits per heavy atom. The lowest BCUT2D eigenvalue weighted by Crippen LogP contribution is -2.52. The normalized spacial score (nSPS) is 20.8. The number of hydrogen-bond donors (Lipinski definition) is 3. The number of nitrogens with one attached hydrogen (secondary N) is 3. The minimum Gasteiger partial charge on any atom is -0.366 e. The quantitative estimate of drug-likeness (QED) is 0.634. The highest BCUT2D eigenvalue weighted by Crippen LogP contribution is 2.31. The predicted octanol–water partition coefficient (Wildman–Crippen LogP) is 0.439. The average molecular weight is 408 g/mol. The Bertz CT molecular complexity index is 1060. The Hall–Kier alpha value is -3.20. The van der Waals surface area contributed by atoms with Crippen LogP contribution < -0.4 is 16.0 Å². The van der Waals surface area contributed by atoms with E-state index in [2.05, 4.69) is 21.0 Å². The summed E-state index contributed by atoms with van der Waals surface area (Å²) >= 11 is 0. The van der Waals surface area contributed by atoms with Gasteiger partial charge in [-0.2, -0.15) is 5.10 Å². The fourth-order valence-corrected chi connectivity index (χ4v) is 4.69. The van der Waals surface area contributed by atoms with Crippen molar-refractivity contribution in [3.63, 3.8) is 0 Å². The molecule has 2 aromatic rings. The van der Waals surface area contributed by atoms with E-state index in [0.717, 1.165) is 42.1 Å². The van der Waals surface area contributed by atoms with Gasteiger partial charge in [-0.05, 0) is 30.5 Å². The molecule has 0 radical (unpaired) electrons. The molecule has 3 N–H and O–H groups in total. The SMILES string of the molecule is Cn1nc2c(c1NCc1cccc3c1C(=O)N(C1CCC(=O)NC1=O)C3)CCNC2. The molecule has 30 heavy (non-hydrogen) atoms. The summed E-state index contributed by atoms with van der Waals surface area (Å²) in [6.45, 7) is 2.58. The van der Waals surface area contributed by atoms with Gasteiger partial charge in [-0.3, -0.25) is 24.4 Å². The van der Waals surface area contributed by atoms with E-state index in [0.29, 0.717) is 25.1 Å². The van der Waals surface area contributed by atoms with Crippen LogP contribution in [0.15, 0.2) is 18.2 Å². The standard InChI is InChI=1S/C21H24N6O3/c1-26-19(14-7-8-22-10-15(14)25-26)23-9-12-3-2-4-13-11-27(21(30)18(12)13)16-5-6-17(28)24-20(16)29/h2-4,16,22-23H,5-11H2,1H3,(H,24,28,29). The van der Waals surface area contributed by atoms with Crippen LogP contribution in [0.4, 0.5) is 5.82 Å². The highest BCUT2D eigenvalue weighted by atomic mass is 16.2. The molecule has 1 fully saturated rings. The van der Waals surface area contributed by atoms with Crippen molar-refractivity contribution in [2.45, 2.75) is 44.9 Å². The van der Waals surface area contributed by atoms with Crippen molar-refractivity contribution in [1.82, 2.24) is 25.3 Å². The molecule has 1 saturated heterocycles. The molecular formula is C21H24N6O3. The van der Waals surface area contributed by atoms with Crippen molar-refractivity contribution in [3.05, 3.63) is 46.1 Å². The average Bonchev–Trinajstić information content (AvgIpc) is 3.23. The van der Waals surface area contributed by atoms with Gasteiger partial charge in [0.15, 0.2) is 0 Å². The highest BCUT2D eigenvalue weighted by molar-refractivity contribution is 6.06. The third-order valence-corrected chi connectivity index (χ3v) is 6.16. The van der Waals surface area contributed by atoms with Crippen molar-refractivity contribution in [3.8, 4) is 0 Å².